The van der Waals surface area contributed by atoms with Crippen molar-refractivity contribution in [2.24, 2.45) is 0 Å². The Morgan fingerprint density at radius 2 is 1.88 bits per heavy atom. The van der Waals surface area contributed by atoms with Crippen molar-refractivity contribution in [2.45, 2.75) is 24.0 Å². The van der Waals surface area contributed by atoms with Crippen LogP contribution in [0.1, 0.15) is 12.8 Å². The van der Waals surface area contributed by atoms with Crippen molar-refractivity contribution in [3.63, 3.8) is 0 Å². The molecule has 2 rings (SSSR count). The van der Waals surface area contributed by atoms with Gasteiger partial charge >= 0.3 is 0 Å². The number of benzene rings is 1. The molecule has 0 saturated carbocycles. The molecule has 86 valence electrons. The third-order valence-electron chi connectivity index (χ3n) is 2.43. The number of hydrogen-bond donors (Lipinski definition) is 1. The van der Waals surface area contributed by atoms with Crippen molar-refractivity contribution in [1.29, 1.82) is 0 Å². The average molecular weight is 241 g/mol. The second-order valence-electron chi connectivity index (χ2n) is 3.53. The fourth-order valence-electron chi connectivity index (χ4n) is 1.65. The normalized spacial score (nSPS) is 21.4. The van der Waals surface area contributed by atoms with Crippen LogP contribution in [0.2, 0.25) is 0 Å². The molecule has 1 amide bonds. The monoisotopic (exact) mass is 241 g/mol. The first-order valence-corrected chi connectivity index (χ1v) is 6.28. The van der Waals surface area contributed by atoms with Crippen molar-refractivity contribution < 1.29 is 18.3 Å². The van der Waals surface area contributed by atoms with Gasteiger partial charge in [-0.3, -0.25) is 4.79 Å². The van der Waals surface area contributed by atoms with Crippen molar-refractivity contribution in [3.8, 4) is 0 Å². The molecule has 1 atom stereocenters. The molecule has 1 fully saturated rings. The van der Waals surface area contributed by atoms with Gasteiger partial charge in [0.15, 0.2) is 0 Å². The maximum absolute atomic E-state index is 12.0. The topological polar surface area (TPSA) is 74.7 Å². The summed E-state index contributed by atoms with van der Waals surface area (Å²) in [5.74, 6) is -0.559. The van der Waals surface area contributed by atoms with E-state index >= 15 is 0 Å². The largest absolute Gasteiger partial charge is 0.372 e. The molecule has 1 aromatic rings. The van der Waals surface area contributed by atoms with Crippen molar-refractivity contribution in [2.75, 3.05) is 0 Å². The summed E-state index contributed by atoms with van der Waals surface area (Å²) in [6.45, 7) is 0. The zero-order chi connectivity index (χ0) is 11.8. The van der Waals surface area contributed by atoms with Crippen molar-refractivity contribution in [1.82, 2.24) is 4.31 Å². The lowest BCUT2D eigenvalue weighted by Crippen LogP contribution is -2.38. The lowest BCUT2D eigenvalue weighted by Gasteiger charge is -2.20. The second-order valence-corrected chi connectivity index (χ2v) is 5.34. The molecular formula is C10H11NO4S. The molecule has 1 unspecified atom stereocenters. The molecule has 1 aliphatic heterocycles. The molecule has 1 heterocycles. The lowest BCUT2D eigenvalue weighted by atomic mass is 10.4. The highest BCUT2D eigenvalue weighted by Crippen LogP contribution is 2.25. The predicted octanol–water partition coefficient (Wildman–Crippen LogP) is 0.316. The fourth-order valence-corrected chi connectivity index (χ4v) is 3.16. The number of carbonyl (C=O) groups excluding carboxylic acids is 1. The van der Waals surface area contributed by atoms with Gasteiger partial charge in [-0.15, -0.1) is 0 Å². The van der Waals surface area contributed by atoms with Crippen LogP contribution in [0.3, 0.4) is 0 Å². The van der Waals surface area contributed by atoms with Crippen LogP contribution >= 0.6 is 0 Å². The highest BCUT2D eigenvalue weighted by Gasteiger charge is 2.39. The minimum Gasteiger partial charge on any atom is -0.372 e. The van der Waals surface area contributed by atoms with Crippen LogP contribution in [0.15, 0.2) is 35.2 Å². The van der Waals surface area contributed by atoms with Gasteiger partial charge in [0, 0.05) is 12.8 Å². The second kappa shape index (κ2) is 3.88. The third kappa shape index (κ3) is 1.70. The van der Waals surface area contributed by atoms with Crippen LogP contribution in [0, 0.1) is 0 Å². The average Bonchev–Trinajstić information content (AvgIpc) is 2.60. The van der Waals surface area contributed by atoms with Crippen molar-refractivity contribution >= 4 is 15.9 Å². The standard InChI is InChI=1S/C10H11NO4S/c12-9-6-7-10(13)11(9)16(14,15)8-4-2-1-3-5-8/h1-5,9,12H,6-7H2. The Morgan fingerprint density at radius 3 is 2.38 bits per heavy atom. The summed E-state index contributed by atoms with van der Waals surface area (Å²) >= 11 is 0. The maximum atomic E-state index is 12.0. The molecular weight excluding hydrogens is 230 g/mol. The van der Waals surface area contributed by atoms with Gasteiger partial charge in [-0.2, -0.15) is 0 Å². The van der Waals surface area contributed by atoms with E-state index < -0.39 is 22.2 Å². The number of rotatable bonds is 2. The summed E-state index contributed by atoms with van der Waals surface area (Å²) in [7, 11) is -3.90. The lowest BCUT2D eigenvalue weighted by molar-refractivity contribution is -0.126. The summed E-state index contributed by atoms with van der Waals surface area (Å²) in [5.41, 5.74) is 0. The summed E-state index contributed by atoms with van der Waals surface area (Å²) in [6.07, 6.45) is -1.02. The highest BCUT2D eigenvalue weighted by molar-refractivity contribution is 7.89. The number of hydrogen-bond acceptors (Lipinski definition) is 4. The minimum absolute atomic E-state index is 0.0179. The molecule has 6 heteroatoms. The Kier molecular flexibility index (Phi) is 2.69. The number of amides is 1. The molecule has 1 N–H and O–H groups in total. The van der Waals surface area contributed by atoms with Crippen LogP contribution in [0.5, 0.6) is 0 Å². The zero-order valence-corrected chi connectivity index (χ0v) is 9.22. The van der Waals surface area contributed by atoms with E-state index in [1.807, 2.05) is 0 Å². The van der Waals surface area contributed by atoms with Gasteiger partial charge in [-0.25, -0.2) is 12.7 Å². The number of nitrogens with zero attached hydrogens (tertiary/aromatic N) is 1. The number of aliphatic hydroxyl groups is 1. The maximum Gasteiger partial charge on any atom is 0.268 e. The Bertz CT molecular complexity index is 497. The summed E-state index contributed by atoms with van der Waals surface area (Å²) in [6, 6.07) is 7.61. The van der Waals surface area contributed by atoms with Gasteiger partial charge in [0.05, 0.1) is 4.90 Å². The summed E-state index contributed by atoms with van der Waals surface area (Å²) < 4.78 is 24.6. The van der Waals surface area contributed by atoms with E-state index in [0.717, 1.165) is 0 Å². The van der Waals surface area contributed by atoms with E-state index in [1.165, 1.54) is 12.1 Å². The molecule has 1 aliphatic rings. The summed E-state index contributed by atoms with van der Waals surface area (Å²) in [5, 5.41) is 9.48. The van der Waals surface area contributed by atoms with Gasteiger partial charge in [-0.1, -0.05) is 18.2 Å². The molecule has 16 heavy (non-hydrogen) atoms. The first-order valence-electron chi connectivity index (χ1n) is 4.84. The molecule has 0 spiro atoms. The molecule has 5 nitrogen and oxygen atoms in total. The Morgan fingerprint density at radius 1 is 1.25 bits per heavy atom. The SMILES string of the molecule is O=C1CCC(O)N1S(=O)(=O)c1ccccc1. The smallest absolute Gasteiger partial charge is 0.268 e. The van der Waals surface area contributed by atoms with E-state index in [0.29, 0.717) is 4.31 Å². The van der Waals surface area contributed by atoms with Gasteiger partial charge < -0.3 is 5.11 Å². The van der Waals surface area contributed by atoms with Crippen LogP contribution in [-0.4, -0.2) is 30.0 Å². The molecule has 0 aromatic heterocycles. The number of carbonyl (C=O) groups is 1. The van der Waals surface area contributed by atoms with Crippen LogP contribution in [0.4, 0.5) is 0 Å². The van der Waals surface area contributed by atoms with Gasteiger partial charge in [-0.05, 0) is 12.1 Å². The van der Waals surface area contributed by atoms with Gasteiger partial charge in [0.1, 0.15) is 6.23 Å². The Hall–Kier alpha value is -1.40. The molecule has 0 radical (unpaired) electrons. The fraction of sp³-hybridized carbons (Fsp3) is 0.300. The van der Waals surface area contributed by atoms with Crippen LogP contribution < -0.4 is 0 Å². The van der Waals surface area contributed by atoms with Crippen LogP contribution in [0.25, 0.3) is 0 Å². The predicted molar refractivity (Wildman–Crippen MR) is 55.7 cm³/mol. The Labute approximate surface area is 93.4 Å². The Balaban J connectivity index is 2.44. The highest BCUT2D eigenvalue weighted by atomic mass is 32.2. The molecule has 0 bridgehead atoms. The first-order chi connectivity index (χ1) is 7.53. The third-order valence-corrected chi connectivity index (χ3v) is 4.27. The van der Waals surface area contributed by atoms with E-state index in [9.17, 15) is 18.3 Å². The van der Waals surface area contributed by atoms with E-state index in [-0.39, 0.29) is 17.7 Å². The minimum atomic E-state index is -3.90. The van der Waals surface area contributed by atoms with Crippen LogP contribution in [-0.2, 0) is 14.8 Å². The van der Waals surface area contributed by atoms with Gasteiger partial charge in [0.2, 0.25) is 5.91 Å². The van der Waals surface area contributed by atoms with Gasteiger partial charge in [0.25, 0.3) is 10.0 Å². The van der Waals surface area contributed by atoms with Crippen molar-refractivity contribution in [3.05, 3.63) is 30.3 Å². The molecule has 0 aliphatic carbocycles. The number of aliphatic hydroxyl groups excluding tert-OH is 1. The molecule has 1 aromatic carbocycles. The van der Waals surface area contributed by atoms with E-state index in [1.54, 1.807) is 18.2 Å². The van der Waals surface area contributed by atoms with E-state index in [4.69, 9.17) is 0 Å². The number of sulfonamides is 1. The zero-order valence-electron chi connectivity index (χ0n) is 8.41. The van der Waals surface area contributed by atoms with E-state index in [2.05, 4.69) is 0 Å². The molecule has 1 saturated heterocycles. The first kappa shape index (κ1) is 11.1. The quantitative estimate of drug-likeness (QED) is 0.809. The summed E-state index contributed by atoms with van der Waals surface area (Å²) in [4.78, 5) is 11.4.